The molecule has 1 aliphatic rings. The minimum Gasteiger partial charge on any atom is -0.393 e. The minimum absolute atomic E-state index is 0.222. The lowest BCUT2D eigenvalue weighted by Crippen LogP contribution is -2.38. The van der Waals surface area contributed by atoms with Crippen LogP contribution in [0, 0.1) is 5.41 Å². The summed E-state index contributed by atoms with van der Waals surface area (Å²) in [7, 11) is 0. The number of aromatic amines is 1. The molecule has 0 radical (unpaired) electrons. The van der Waals surface area contributed by atoms with Crippen molar-refractivity contribution in [1.29, 1.82) is 0 Å². The van der Waals surface area contributed by atoms with E-state index in [-0.39, 0.29) is 12.0 Å². The number of nitrogens with zero attached hydrogens (tertiary/aromatic N) is 2. The Bertz CT molecular complexity index is 525. The molecule has 1 fully saturated rings. The fourth-order valence-corrected chi connectivity index (χ4v) is 2.70. The van der Waals surface area contributed by atoms with Gasteiger partial charge in [0.15, 0.2) is 0 Å². The van der Waals surface area contributed by atoms with Crippen LogP contribution in [0.25, 0.3) is 0 Å². The lowest BCUT2D eigenvalue weighted by molar-refractivity contribution is -0.138. The Morgan fingerprint density at radius 2 is 2.19 bits per heavy atom. The van der Waals surface area contributed by atoms with Gasteiger partial charge in [-0.05, 0) is 18.3 Å². The van der Waals surface area contributed by atoms with Crippen LogP contribution >= 0.6 is 0 Å². The number of amides is 1. The molecule has 0 bridgehead atoms. The second kappa shape index (κ2) is 5.32. The van der Waals surface area contributed by atoms with Gasteiger partial charge in [-0.3, -0.25) is 9.89 Å². The smallest absolute Gasteiger partial charge is 0.393 e. The number of aromatic nitrogens is 2. The molecule has 1 unspecified atom stereocenters. The standard InChI is InChI=1S/C13H18F3N3O2/c1-12(2)5-8(20)3-4-19(7-12)11(21)10-9(6-17-18-10)13(14,15)16/h6,8,20H,3-5,7H2,1-2H3,(H,17,18). The van der Waals surface area contributed by atoms with E-state index in [1.54, 1.807) is 0 Å². The number of aliphatic hydroxyl groups is 1. The third-order valence-electron chi connectivity index (χ3n) is 3.59. The summed E-state index contributed by atoms with van der Waals surface area (Å²) in [5, 5.41) is 15.3. The van der Waals surface area contributed by atoms with Crippen molar-refractivity contribution in [3.63, 3.8) is 0 Å². The molecule has 0 aromatic carbocycles. The molecule has 1 aromatic rings. The zero-order valence-corrected chi connectivity index (χ0v) is 11.9. The number of likely N-dealkylation sites (tertiary alicyclic amines) is 1. The molecule has 5 nitrogen and oxygen atoms in total. The molecule has 1 atom stereocenters. The largest absolute Gasteiger partial charge is 0.420 e. The summed E-state index contributed by atoms with van der Waals surface area (Å²) >= 11 is 0. The van der Waals surface area contributed by atoms with Crippen molar-refractivity contribution in [2.45, 2.75) is 39.0 Å². The van der Waals surface area contributed by atoms with Gasteiger partial charge in [-0.2, -0.15) is 18.3 Å². The summed E-state index contributed by atoms with van der Waals surface area (Å²) < 4.78 is 38.5. The monoisotopic (exact) mass is 305 g/mol. The van der Waals surface area contributed by atoms with Crippen LogP contribution in [0.3, 0.4) is 0 Å². The number of hydrogen-bond acceptors (Lipinski definition) is 3. The van der Waals surface area contributed by atoms with Crippen molar-refractivity contribution in [3.8, 4) is 0 Å². The first-order chi connectivity index (χ1) is 9.60. The predicted octanol–water partition coefficient (Wildman–Crippen LogP) is 2.05. The Morgan fingerprint density at radius 3 is 2.81 bits per heavy atom. The van der Waals surface area contributed by atoms with Crippen LogP contribution in [0.1, 0.15) is 42.7 Å². The Kier molecular flexibility index (Phi) is 4.01. The lowest BCUT2D eigenvalue weighted by atomic mass is 9.87. The molecule has 8 heteroatoms. The number of carbonyl (C=O) groups is 1. The Labute approximate surface area is 120 Å². The van der Waals surface area contributed by atoms with E-state index in [1.165, 1.54) is 4.90 Å². The quantitative estimate of drug-likeness (QED) is 0.834. The second-order valence-electron chi connectivity index (χ2n) is 6.19. The predicted molar refractivity (Wildman–Crippen MR) is 68.5 cm³/mol. The van der Waals surface area contributed by atoms with Crippen molar-refractivity contribution < 1.29 is 23.1 Å². The maximum atomic E-state index is 12.8. The van der Waals surface area contributed by atoms with Gasteiger partial charge in [0.05, 0.1) is 12.3 Å². The normalized spacial score (nSPS) is 23.0. The third-order valence-corrected chi connectivity index (χ3v) is 3.59. The number of alkyl halides is 3. The molecule has 2 heterocycles. The number of rotatable bonds is 1. The molecule has 2 rings (SSSR count). The van der Waals surface area contributed by atoms with E-state index in [4.69, 9.17) is 0 Å². The van der Waals surface area contributed by atoms with Gasteiger partial charge < -0.3 is 10.0 Å². The van der Waals surface area contributed by atoms with Gasteiger partial charge >= 0.3 is 6.18 Å². The highest BCUT2D eigenvalue weighted by Gasteiger charge is 2.39. The van der Waals surface area contributed by atoms with Crippen LogP contribution in [-0.4, -0.2) is 45.3 Å². The van der Waals surface area contributed by atoms with Gasteiger partial charge in [-0.25, -0.2) is 0 Å². The van der Waals surface area contributed by atoms with Crippen LogP contribution in [0.4, 0.5) is 13.2 Å². The van der Waals surface area contributed by atoms with Crippen molar-refractivity contribution >= 4 is 5.91 Å². The van der Waals surface area contributed by atoms with Crippen molar-refractivity contribution in [1.82, 2.24) is 15.1 Å². The van der Waals surface area contributed by atoms with Crippen LogP contribution in [0.2, 0.25) is 0 Å². The molecular formula is C13H18F3N3O2. The zero-order chi connectivity index (χ0) is 15.8. The summed E-state index contributed by atoms with van der Waals surface area (Å²) in [6.45, 7) is 4.26. The molecule has 1 aromatic heterocycles. The maximum absolute atomic E-state index is 12.8. The first kappa shape index (κ1) is 15.8. The van der Waals surface area contributed by atoms with Crippen molar-refractivity contribution in [2.75, 3.05) is 13.1 Å². The number of carbonyl (C=O) groups excluding carboxylic acids is 1. The van der Waals surface area contributed by atoms with Crippen LogP contribution in [0.5, 0.6) is 0 Å². The van der Waals surface area contributed by atoms with Gasteiger partial charge in [0, 0.05) is 13.1 Å². The fraction of sp³-hybridized carbons (Fsp3) is 0.692. The molecule has 21 heavy (non-hydrogen) atoms. The molecule has 2 N–H and O–H groups in total. The molecule has 1 amide bonds. The van der Waals surface area contributed by atoms with E-state index in [9.17, 15) is 23.1 Å². The van der Waals surface area contributed by atoms with Gasteiger partial charge in [0.1, 0.15) is 11.3 Å². The van der Waals surface area contributed by atoms with E-state index < -0.39 is 29.4 Å². The number of hydrogen-bond donors (Lipinski definition) is 2. The van der Waals surface area contributed by atoms with E-state index in [0.717, 1.165) is 0 Å². The van der Waals surface area contributed by atoms with E-state index in [0.29, 0.717) is 25.6 Å². The van der Waals surface area contributed by atoms with Crippen LogP contribution < -0.4 is 0 Å². The first-order valence-electron chi connectivity index (χ1n) is 6.68. The average molecular weight is 305 g/mol. The lowest BCUT2D eigenvalue weighted by Gasteiger charge is -2.29. The maximum Gasteiger partial charge on any atom is 0.420 e. The molecule has 1 aliphatic heterocycles. The highest BCUT2D eigenvalue weighted by molar-refractivity contribution is 5.94. The fourth-order valence-electron chi connectivity index (χ4n) is 2.70. The first-order valence-corrected chi connectivity index (χ1v) is 6.68. The molecular weight excluding hydrogens is 287 g/mol. The summed E-state index contributed by atoms with van der Waals surface area (Å²) in [5.41, 5.74) is -1.96. The number of nitrogens with one attached hydrogen (secondary N) is 1. The Hall–Kier alpha value is -1.57. The Morgan fingerprint density at radius 1 is 1.52 bits per heavy atom. The van der Waals surface area contributed by atoms with Gasteiger partial charge in [-0.15, -0.1) is 0 Å². The summed E-state index contributed by atoms with van der Waals surface area (Å²) in [6.07, 6.45) is -3.71. The molecule has 0 spiro atoms. The third kappa shape index (κ3) is 3.55. The van der Waals surface area contributed by atoms with Gasteiger partial charge in [0.25, 0.3) is 5.91 Å². The Balaban J connectivity index is 2.26. The van der Waals surface area contributed by atoms with Crippen LogP contribution in [0.15, 0.2) is 6.20 Å². The second-order valence-corrected chi connectivity index (χ2v) is 6.19. The summed E-state index contributed by atoms with van der Waals surface area (Å²) in [4.78, 5) is 13.7. The van der Waals surface area contributed by atoms with Gasteiger partial charge in [0.2, 0.25) is 0 Å². The van der Waals surface area contributed by atoms with E-state index >= 15 is 0 Å². The molecule has 0 saturated carbocycles. The average Bonchev–Trinajstić information content (AvgIpc) is 2.76. The highest BCUT2D eigenvalue weighted by Crippen LogP contribution is 2.33. The molecule has 1 saturated heterocycles. The molecule has 118 valence electrons. The highest BCUT2D eigenvalue weighted by atomic mass is 19.4. The summed E-state index contributed by atoms with van der Waals surface area (Å²) in [6, 6.07) is 0. The van der Waals surface area contributed by atoms with Crippen LogP contribution in [-0.2, 0) is 6.18 Å². The number of H-pyrrole nitrogens is 1. The number of halogens is 3. The SMILES string of the molecule is CC1(C)CC(O)CCN(C(=O)c2[nH]ncc2C(F)(F)F)C1. The van der Waals surface area contributed by atoms with Gasteiger partial charge in [-0.1, -0.05) is 13.8 Å². The van der Waals surface area contributed by atoms with Crippen molar-refractivity contribution in [2.24, 2.45) is 5.41 Å². The van der Waals surface area contributed by atoms with E-state index in [2.05, 4.69) is 10.2 Å². The zero-order valence-electron chi connectivity index (χ0n) is 11.9. The summed E-state index contributed by atoms with van der Waals surface area (Å²) in [5.74, 6) is -0.734. The topological polar surface area (TPSA) is 69.2 Å². The van der Waals surface area contributed by atoms with E-state index in [1.807, 2.05) is 13.8 Å². The minimum atomic E-state index is -4.63. The van der Waals surface area contributed by atoms with Crippen molar-refractivity contribution in [3.05, 3.63) is 17.5 Å². The number of aliphatic hydroxyl groups excluding tert-OH is 1. The molecule has 0 aliphatic carbocycles.